The first-order chi connectivity index (χ1) is 15.2. The van der Waals surface area contributed by atoms with Crippen molar-refractivity contribution in [2.75, 3.05) is 18.7 Å². The Balaban J connectivity index is 1.71. The molecule has 0 aliphatic rings. The molecule has 32 heavy (non-hydrogen) atoms. The number of carbonyl (C=O) groups is 1. The summed E-state index contributed by atoms with van der Waals surface area (Å²) in [5.41, 5.74) is 2.58. The molecule has 1 heterocycles. The summed E-state index contributed by atoms with van der Waals surface area (Å²) < 4.78 is 40.2. The van der Waals surface area contributed by atoms with Gasteiger partial charge in [-0.25, -0.2) is 8.42 Å². The molecule has 3 aromatic rings. The fourth-order valence-electron chi connectivity index (χ4n) is 3.00. The number of benzene rings is 2. The zero-order chi connectivity index (χ0) is 23.3. The maximum absolute atomic E-state index is 12.3. The van der Waals surface area contributed by atoms with E-state index in [1.54, 1.807) is 36.4 Å². The van der Waals surface area contributed by atoms with E-state index in [0.717, 1.165) is 17.5 Å². The number of carbonyl (C=O) groups excluding carboxylic acids is 1. The van der Waals surface area contributed by atoms with E-state index in [4.69, 9.17) is 14.0 Å². The highest BCUT2D eigenvalue weighted by Crippen LogP contribution is 2.30. The Morgan fingerprint density at radius 1 is 1.16 bits per heavy atom. The van der Waals surface area contributed by atoms with Crippen molar-refractivity contribution < 1.29 is 27.2 Å². The molecule has 0 atom stereocenters. The molecule has 0 unspecified atom stereocenters. The summed E-state index contributed by atoms with van der Waals surface area (Å²) in [5, 5.41) is 6.51. The van der Waals surface area contributed by atoms with E-state index in [1.807, 2.05) is 13.8 Å². The molecule has 0 aliphatic heterocycles. The Hall–Kier alpha value is -3.59. The summed E-state index contributed by atoms with van der Waals surface area (Å²) in [6, 6.07) is 11.5. The first-order valence-corrected chi connectivity index (χ1v) is 11.6. The third-order valence-corrected chi connectivity index (χ3v) is 5.87. The number of methoxy groups -OCH3 is 1. The third-order valence-electron chi connectivity index (χ3n) is 4.71. The van der Waals surface area contributed by atoms with Crippen LogP contribution in [0, 0.1) is 13.8 Å². The maximum Gasteiger partial charge on any atom is 0.248 e. The lowest BCUT2D eigenvalue weighted by atomic mass is 10.1. The molecule has 8 nitrogen and oxygen atoms in total. The molecule has 0 bridgehead atoms. The van der Waals surface area contributed by atoms with Crippen molar-refractivity contribution in [3.05, 3.63) is 71.1 Å². The van der Waals surface area contributed by atoms with Crippen LogP contribution < -0.4 is 14.8 Å². The van der Waals surface area contributed by atoms with Gasteiger partial charge in [-0.2, -0.15) is 0 Å². The second kappa shape index (κ2) is 9.69. The summed E-state index contributed by atoms with van der Waals surface area (Å²) >= 11 is 0. The van der Waals surface area contributed by atoms with E-state index >= 15 is 0 Å². The highest BCUT2D eigenvalue weighted by molar-refractivity contribution is 7.90. The van der Waals surface area contributed by atoms with Crippen LogP contribution in [0.15, 0.2) is 58.0 Å². The van der Waals surface area contributed by atoms with Crippen LogP contribution in [0.25, 0.3) is 6.08 Å². The molecule has 1 aromatic heterocycles. The molecular formula is C23H24N2O6S. The van der Waals surface area contributed by atoms with Gasteiger partial charge >= 0.3 is 0 Å². The minimum Gasteiger partial charge on any atom is -0.493 e. The van der Waals surface area contributed by atoms with Gasteiger partial charge in [0.15, 0.2) is 21.3 Å². The monoisotopic (exact) mass is 456 g/mol. The van der Waals surface area contributed by atoms with E-state index in [-0.39, 0.29) is 17.2 Å². The van der Waals surface area contributed by atoms with E-state index < -0.39 is 15.7 Å². The van der Waals surface area contributed by atoms with Crippen LogP contribution >= 0.6 is 0 Å². The van der Waals surface area contributed by atoms with Crippen molar-refractivity contribution in [1.29, 1.82) is 0 Å². The second-order valence-corrected chi connectivity index (χ2v) is 9.08. The molecular weight excluding hydrogens is 432 g/mol. The molecule has 2 aromatic carbocycles. The number of para-hydroxylation sites is 1. The Labute approximate surface area is 186 Å². The number of nitrogens with zero attached hydrogens (tertiary/aromatic N) is 1. The van der Waals surface area contributed by atoms with Crippen molar-refractivity contribution in [3.63, 3.8) is 0 Å². The molecule has 0 fully saturated rings. The van der Waals surface area contributed by atoms with E-state index in [1.165, 1.54) is 25.3 Å². The number of aryl methyl sites for hydroxylation is 2. The Bertz CT molecular complexity index is 1240. The molecule has 0 aliphatic carbocycles. The lowest BCUT2D eigenvalue weighted by molar-refractivity contribution is -0.111. The van der Waals surface area contributed by atoms with Crippen molar-refractivity contribution in [2.45, 2.75) is 25.3 Å². The van der Waals surface area contributed by atoms with Crippen LogP contribution in [0.1, 0.15) is 22.6 Å². The van der Waals surface area contributed by atoms with E-state index in [9.17, 15) is 13.2 Å². The van der Waals surface area contributed by atoms with Gasteiger partial charge in [0.2, 0.25) is 5.91 Å². The molecule has 0 saturated heterocycles. The predicted octanol–water partition coefficient (Wildman–Crippen LogP) is 3.93. The minimum absolute atomic E-state index is 0.0585. The van der Waals surface area contributed by atoms with Crippen LogP contribution in [0.3, 0.4) is 0 Å². The van der Waals surface area contributed by atoms with Gasteiger partial charge in [0, 0.05) is 12.3 Å². The van der Waals surface area contributed by atoms with Crippen LogP contribution in [0.2, 0.25) is 0 Å². The number of hydrogen-bond donors (Lipinski definition) is 1. The number of rotatable bonds is 8. The topological polar surface area (TPSA) is 108 Å². The first-order valence-electron chi connectivity index (χ1n) is 9.69. The average molecular weight is 457 g/mol. The SMILES string of the molecule is COc1cc(/C=C/C(=O)Nc2ccccc2S(C)(=O)=O)ccc1OCc1c(C)noc1C. The average Bonchev–Trinajstić information content (AvgIpc) is 3.08. The Morgan fingerprint density at radius 2 is 1.91 bits per heavy atom. The molecule has 9 heteroatoms. The number of anilines is 1. The lowest BCUT2D eigenvalue weighted by Crippen LogP contribution is -2.11. The quantitative estimate of drug-likeness (QED) is 0.512. The zero-order valence-corrected chi connectivity index (χ0v) is 19.0. The van der Waals surface area contributed by atoms with Gasteiger partial charge in [-0.1, -0.05) is 23.4 Å². The molecule has 0 saturated carbocycles. The molecule has 1 N–H and O–H groups in total. The highest BCUT2D eigenvalue weighted by atomic mass is 32.2. The number of nitrogens with one attached hydrogen (secondary N) is 1. The normalized spacial score (nSPS) is 11.5. The smallest absolute Gasteiger partial charge is 0.248 e. The van der Waals surface area contributed by atoms with E-state index in [2.05, 4.69) is 10.5 Å². The van der Waals surface area contributed by atoms with Crippen LogP contribution in [-0.2, 0) is 21.2 Å². The summed E-state index contributed by atoms with van der Waals surface area (Å²) in [6.07, 6.45) is 4.01. The Morgan fingerprint density at radius 3 is 2.56 bits per heavy atom. The van der Waals surface area contributed by atoms with E-state index in [0.29, 0.717) is 22.8 Å². The van der Waals surface area contributed by atoms with Crippen LogP contribution in [-0.4, -0.2) is 32.8 Å². The highest BCUT2D eigenvalue weighted by Gasteiger charge is 2.14. The summed E-state index contributed by atoms with van der Waals surface area (Å²) in [6.45, 7) is 3.96. The summed E-state index contributed by atoms with van der Waals surface area (Å²) in [7, 11) is -1.94. The predicted molar refractivity (Wildman–Crippen MR) is 121 cm³/mol. The fourth-order valence-corrected chi connectivity index (χ4v) is 3.85. The number of ether oxygens (including phenoxy) is 2. The fraction of sp³-hybridized carbons (Fsp3) is 0.217. The molecule has 3 rings (SSSR count). The molecule has 168 valence electrons. The van der Waals surface area contributed by atoms with Gasteiger partial charge in [0.1, 0.15) is 12.4 Å². The minimum atomic E-state index is -3.47. The summed E-state index contributed by atoms with van der Waals surface area (Å²) in [4.78, 5) is 12.4. The van der Waals surface area contributed by atoms with Gasteiger partial charge in [-0.3, -0.25) is 4.79 Å². The Kier molecular flexibility index (Phi) is 6.99. The van der Waals surface area contributed by atoms with Gasteiger partial charge in [0.05, 0.1) is 29.0 Å². The van der Waals surface area contributed by atoms with Crippen molar-refractivity contribution in [3.8, 4) is 11.5 Å². The van der Waals surface area contributed by atoms with Crippen molar-refractivity contribution in [2.24, 2.45) is 0 Å². The standard InChI is InChI=1S/C23H24N2O6S/c1-15-18(16(2)31-25-15)14-30-20-11-9-17(13-21(20)29-3)10-12-23(26)24-19-7-5-6-8-22(19)32(4,27)28/h5-13H,14H2,1-4H3,(H,24,26)/b12-10+. The van der Waals surface area contributed by atoms with Gasteiger partial charge < -0.3 is 19.3 Å². The number of aromatic nitrogens is 1. The summed E-state index contributed by atoms with van der Waals surface area (Å²) in [5.74, 6) is 1.28. The van der Waals surface area contributed by atoms with Crippen LogP contribution in [0.4, 0.5) is 5.69 Å². The van der Waals surface area contributed by atoms with Crippen molar-refractivity contribution in [1.82, 2.24) is 5.16 Å². The number of amides is 1. The van der Waals surface area contributed by atoms with Crippen LogP contribution in [0.5, 0.6) is 11.5 Å². The lowest BCUT2D eigenvalue weighted by Gasteiger charge is -2.11. The maximum atomic E-state index is 12.3. The van der Waals surface area contributed by atoms with Gasteiger partial charge in [0.25, 0.3) is 0 Å². The van der Waals surface area contributed by atoms with Crippen molar-refractivity contribution >= 4 is 27.5 Å². The number of sulfone groups is 1. The van der Waals surface area contributed by atoms with Gasteiger partial charge in [-0.15, -0.1) is 0 Å². The first kappa shape index (κ1) is 23.1. The zero-order valence-electron chi connectivity index (χ0n) is 18.2. The number of hydrogen-bond acceptors (Lipinski definition) is 7. The second-order valence-electron chi connectivity index (χ2n) is 7.09. The third kappa shape index (κ3) is 5.55. The van der Waals surface area contributed by atoms with Gasteiger partial charge in [-0.05, 0) is 49.8 Å². The molecule has 1 amide bonds. The largest absolute Gasteiger partial charge is 0.493 e. The molecule has 0 radical (unpaired) electrons. The molecule has 0 spiro atoms.